The summed E-state index contributed by atoms with van der Waals surface area (Å²) in [4.78, 5) is 7.56. The molecular weight excluding hydrogens is 208 g/mol. The molecule has 0 unspecified atom stereocenters. The van der Waals surface area contributed by atoms with Crippen LogP contribution in [0, 0.1) is 6.20 Å². The van der Waals surface area contributed by atoms with Crippen LogP contribution in [0.25, 0.3) is 22.6 Å². The molecule has 0 amide bonds. The number of aromatic amines is 1. The number of hydrogen-bond acceptors (Lipinski definition) is 1. The molecule has 0 aliphatic carbocycles. The Morgan fingerprint density at radius 2 is 1.35 bits per heavy atom. The molecule has 1 radical (unpaired) electrons. The summed E-state index contributed by atoms with van der Waals surface area (Å²) in [6, 6.07) is 20.1. The van der Waals surface area contributed by atoms with Crippen molar-refractivity contribution in [3.63, 3.8) is 0 Å². The van der Waals surface area contributed by atoms with Crippen molar-refractivity contribution in [3.05, 3.63) is 66.9 Å². The predicted molar refractivity (Wildman–Crippen MR) is 68.3 cm³/mol. The molecule has 1 heterocycles. The third-order valence-corrected chi connectivity index (χ3v) is 2.63. The molecule has 0 fully saturated rings. The fourth-order valence-corrected chi connectivity index (χ4v) is 1.76. The number of benzene rings is 2. The highest BCUT2D eigenvalue weighted by atomic mass is 14.9. The van der Waals surface area contributed by atoms with Crippen LogP contribution in [-0.4, -0.2) is 9.97 Å². The molecule has 0 saturated heterocycles. The Morgan fingerprint density at radius 1 is 0.765 bits per heavy atom. The fourth-order valence-electron chi connectivity index (χ4n) is 1.76. The van der Waals surface area contributed by atoms with Gasteiger partial charge in [0.25, 0.3) is 0 Å². The summed E-state index contributed by atoms with van der Waals surface area (Å²) < 4.78 is 0. The van der Waals surface area contributed by atoms with Gasteiger partial charge in [0.2, 0.25) is 0 Å². The van der Waals surface area contributed by atoms with Gasteiger partial charge in [-0.3, -0.25) is 0 Å². The number of H-pyrrole nitrogens is 1. The van der Waals surface area contributed by atoms with Gasteiger partial charge in [-0.05, 0) is 0 Å². The van der Waals surface area contributed by atoms with Crippen LogP contribution in [0.2, 0.25) is 0 Å². The SMILES string of the molecule is [c]1nc(-c2ccccc2)[nH]c1-c1ccccc1. The maximum Gasteiger partial charge on any atom is 0.138 e. The zero-order valence-electron chi connectivity index (χ0n) is 9.22. The van der Waals surface area contributed by atoms with Crippen LogP contribution in [0.15, 0.2) is 60.7 Å². The Labute approximate surface area is 100.0 Å². The van der Waals surface area contributed by atoms with E-state index in [9.17, 15) is 0 Å². The molecule has 0 atom stereocenters. The first kappa shape index (κ1) is 9.85. The van der Waals surface area contributed by atoms with E-state index in [2.05, 4.69) is 16.2 Å². The van der Waals surface area contributed by atoms with Crippen molar-refractivity contribution in [1.82, 2.24) is 9.97 Å². The predicted octanol–water partition coefficient (Wildman–Crippen LogP) is 3.54. The summed E-state index contributed by atoms with van der Waals surface area (Å²) in [5, 5.41) is 0. The molecule has 1 aromatic heterocycles. The molecule has 0 spiro atoms. The number of aromatic nitrogens is 2. The molecular formula is C15H11N2. The van der Waals surface area contributed by atoms with Gasteiger partial charge in [-0.25, -0.2) is 4.98 Å². The second-order valence-electron chi connectivity index (χ2n) is 3.80. The van der Waals surface area contributed by atoms with Gasteiger partial charge in [-0.2, -0.15) is 0 Å². The summed E-state index contributed by atoms with van der Waals surface area (Å²) in [5.74, 6) is 0.851. The van der Waals surface area contributed by atoms with Gasteiger partial charge in [0, 0.05) is 11.1 Å². The van der Waals surface area contributed by atoms with Gasteiger partial charge in [0.15, 0.2) is 0 Å². The minimum atomic E-state index is 0.851. The van der Waals surface area contributed by atoms with E-state index in [4.69, 9.17) is 0 Å². The smallest absolute Gasteiger partial charge is 0.138 e. The van der Waals surface area contributed by atoms with E-state index in [0.717, 1.165) is 22.6 Å². The van der Waals surface area contributed by atoms with Crippen LogP contribution in [0.5, 0.6) is 0 Å². The lowest BCUT2D eigenvalue weighted by molar-refractivity contribution is 1.31. The topological polar surface area (TPSA) is 28.7 Å². The Hall–Kier alpha value is -2.35. The van der Waals surface area contributed by atoms with Gasteiger partial charge in [0.1, 0.15) is 12.0 Å². The van der Waals surface area contributed by atoms with E-state index in [-0.39, 0.29) is 0 Å². The third-order valence-electron chi connectivity index (χ3n) is 2.63. The molecule has 3 aromatic rings. The van der Waals surface area contributed by atoms with Gasteiger partial charge in [0.05, 0.1) is 5.69 Å². The Balaban J connectivity index is 1.99. The summed E-state index contributed by atoms with van der Waals surface area (Å²) in [5.41, 5.74) is 3.09. The van der Waals surface area contributed by atoms with Crippen molar-refractivity contribution in [3.8, 4) is 22.6 Å². The molecule has 17 heavy (non-hydrogen) atoms. The number of nitrogens with one attached hydrogen (secondary N) is 1. The van der Waals surface area contributed by atoms with Gasteiger partial charge in [-0.15, -0.1) is 0 Å². The summed E-state index contributed by atoms with van der Waals surface area (Å²) in [6.07, 6.45) is 3.01. The monoisotopic (exact) mass is 219 g/mol. The van der Waals surface area contributed by atoms with Gasteiger partial charge >= 0.3 is 0 Å². The lowest BCUT2D eigenvalue weighted by Gasteiger charge is -1.96. The second kappa shape index (κ2) is 4.26. The fraction of sp³-hybridized carbons (Fsp3) is 0. The first-order chi connectivity index (χ1) is 8.43. The molecule has 0 saturated carbocycles. The van der Waals surface area contributed by atoms with Crippen molar-refractivity contribution in [1.29, 1.82) is 0 Å². The average molecular weight is 219 g/mol. The molecule has 81 valence electrons. The highest BCUT2D eigenvalue weighted by molar-refractivity contribution is 5.63. The lowest BCUT2D eigenvalue weighted by atomic mass is 10.2. The minimum Gasteiger partial charge on any atom is -0.337 e. The second-order valence-corrected chi connectivity index (χ2v) is 3.80. The Bertz CT molecular complexity index is 543. The highest BCUT2D eigenvalue weighted by Crippen LogP contribution is 2.20. The largest absolute Gasteiger partial charge is 0.337 e. The summed E-state index contributed by atoms with van der Waals surface area (Å²) >= 11 is 0. The molecule has 2 heteroatoms. The van der Waals surface area contributed by atoms with Crippen LogP contribution in [0.1, 0.15) is 0 Å². The molecule has 2 nitrogen and oxygen atoms in total. The Morgan fingerprint density at radius 3 is 2.00 bits per heavy atom. The van der Waals surface area contributed by atoms with Crippen molar-refractivity contribution >= 4 is 0 Å². The van der Waals surface area contributed by atoms with E-state index in [1.54, 1.807) is 0 Å². The highest BCUT2D eigenvalue weighted by Gasteiger charge is 2.04. The normalized spacial score (nSPS) is 10.4. The molecule has 3 rings (SSSR count). The number of imidazole rings is 1. The maximum atomic E-state index is 4.28. The third kappa shape index (κ3) is 1.97. The van der Waals surface area contributed by atoms with Crippen LogP contribution in [0.4, 0.5) is 0 Å². The van der Waals surface area contributed by atoms with Crippen molar-refractivity contribution in [2.45, 2.75) is 0 Å². The zero-order chi connectivity index (χ0) is 11.5. The van der Waals surface area contributed by atoms with E-state index in [0.29, 0.717) is 0 Å². The zero-order valence-corrected chi connectivity index (χ0v) is 9.22. The van der Waals surface area contributed by atoms with Crippen LogP contribution >= 0.6 is 0 Å². The standard InChI is InChI=1S/C15H11N2/c1-3-7-12(8-4-1)14-11-16-15(17-14)13-9-5-2-6-10-13/h1-10H,(H,16,17). The van der Waals surface area contributed by atoms with E-state index in [1.807, 2.05) is 60.7 Å². The van der Waals surface area contributed by atoms with Crippen LogP contribution < -0.4 is 0 Å². The molecule has 0 aliphatic heterocycles. The van der Waals surface area contributed by atoms with Crippen LogP contribution in [-0.2, 0) is 0 Å². The molecule has 0 bridgehead atoms. The van der Waals surface area contributed by atoms with Crippen molar-refractivity contribution in [2.75, 3.05) is 0 Å². The lowest BCUT2D eigenvalue weighted by Crippen LogP contribution is -1.80. The van der Waals surface area contributed by atoms with Gasteiger partial charge < -0.3 is 4.98 Å². The van der Waals surface area contributed by atoms with Crippen molar-refractivity contribution < 1.29 is 0 Å². The van der Waals surface area contributed by atoms with E-state index < -0.39 is 0 Å². The maximum absolute atomic E-state index is 4.28. The summed E-state index contributed by atoms with van der Waals surface area (Å²) in [7, 11) is 0. The minimum absolute atomic E-state index is 0.851. The molecule has 2 aromatic carbocycles. The van der Waals surface area contributed by atoms with Crippen molar-refractivity contribution in [2.24, 2.45) is 0 Å². The quantitative estimate of drug-likeness (QED) is 0.701. The number of rotatable bonds is 2. The van der Waals surface area contributed by atoms with Gasteiger partial charge in [-0.1, -0.05) is 60.7 Å². The molecule has 1 N–H and O–H groups in total. The van der Waals surface area contributed by atoms with Crippen LogP contribution in [0.3, 0.4) is 0 Å². The van der Waals surface area contributed by atoms with E-state index in [1.165, 1.54) is 0 Å². The number of hydrogen-bond donors (Lipinski definition) is 1. The first-order valence-electron chi connectivity index (χ1n) is 5.52. The first-order valence-corrected chi connectivity index (χ1v) is 5.52. The summed E-state index contributed by atoms with van der Waals surface area (Å²) in [6.45, 7) is 0. The average Bonchev–Trinajstić information content (AvgIpc) is 2.90. The molecule has 0 aliphatic rings. The Kier molecular flexibility index (Phi) is 2.47. The van der Waals surface area contributed by atoms with E-state index >= 15 is 0 Å². The number of nitrogens with zero attached hydrogens (tertiary/aromatic N) is 1.